The predicted molar refractivity (Wildman–Crippen MR) is 56.9 cm³/mol. The minimum atomic E-state index is 0.569. The van der Waals surface area contributed by atoms with E-state index in [4.69, 9.17) is 0 Å². The Hall–Kier alpha value is -0.120. The second-order valence-corrected chi connectivity index (χ2v) is 3.93. The van der Waals surface area contributed by atoms with E-state index in [9.17, 15) is 0 Å². The van der Waals surface area contributed by atoms with Gasteiger partial charge in [0, 0.05) is 18.1 Å². The smallest absolute Gasteiger partial charge is 0.0375 e. The van der Waals surface area contributed by atoms with Gasteiger partial charge in [-0.15, -0.1) is 0 Å². The molecule has 0 spiro atoms. The van der Waals surface area contributed by atoms with Gasteiger partial charge in [-0.25, -0.2) is 0 Å². The van der Waals surface area contributed by atoms with Crippen LogP contribution in [0.2, 0.25) is 0 Å². The third-order valence-corrected chi connectivity index (χ3v) is 3.45. The van der Waals surface area contributed by atoms with Gasteiger partial charge in [0.1, 0.15) is 0 Å². The van der Waals surface area contributed by atoms with E-state index in [1.54, 1.807) is 0 Å². The highest BCUT2D eigenvalue weighted by Gasteiger charge is 2.39. The molecule has 4 unspecified atom stereocenters. The molecular formula is C10H23N3. The summed E-state index contributed by atoms with van der Waals surface area (Å²) in [4.78, 5) is 0. The van der Waals surface area contributed by atoms with Gasteiger partial charge in [0.2, 0.25) is 0 Å². The molecule has 1 fully saturated rings. The topological polar surface area (TPSA) is 36.1 Å². The highest BCUT2D eigenvalue weighted by molar-refractivity contribution is 5.01. The van der Waals surface area contributed by atoms with Gasteiger partial charge in [0.05, 0.1) is 0 Å². The number of hydrogen-bond acceptors (Lipinski definition) is 3. The summed E-state index contributed by atoms with van der Waals surface area (Å²) in [6, 6.07) is 1.81. The second-order valence-electron chi connectivity index (χ2n) is 3.93. The fraction of sp³-hybridized carbons (Fsp3) is 1.00. The van der Waals surface area contributed by atoms with E-state index < -0.39 is 0 Å². The van der Waals surface area contributed by atoms with Crippen LogP contribution < -0.4 is 16.0 Å². The lowest BCUT2D eigenvalue weighted by Crippen LogP contribution is -2.51. The van der Waals surface area contributed by atoms with Crippen molar-refractivity contribution in [2.24, 2.45) is 5.92 Å². The molecule has 3 N–H and O–H groups in total. The molecular weight excluding hydrogens is 162 g/mol. The first-order valence-corrected chi connectivity index (χ1v) is 5.30. The van der Waals surface area contributed by atoms with Crippen molar-refractivity contribution in [1.82, 2.24) is 16.0 Å². The summed E-state index contributed by atoms with van der Waals surface area (Å²) >= 11 is 0. The van der Waals surface area contributed by atoms with Gasteiger partial charge in [-0.1, -0.05) is 13.3 Å². The number of hydrogen-bond donors (Lipinski definition) is 3. The molecule has 13 heavy (non-hydrogen) atoms. The average molecular weight is 185 g/mol. The van der Waals surface area contributed by atoms with Crippen molar-refractivity contribution < 1.29 is 0 Å². The largest absolute Gasteiger partial charge is 0.315 e. The number of rotatable bonds is 4. The first kappa shape index (κ1) is 11.0. The molecule has 0 aliphatic heterocycles. The lowest BCUT2D eigenvalue weighted by molar-refractivity contribution is 0.362. The van der Waals surface area contributed by atoms with Gasteiger partial charge < -0.3 is 16.0 Å². The Kier molecular flexibility index (Phi) is 4.16. The Morgan fingerprint density at radius 3 is 2.00 bits per heavy atom. The molecule has 1 aliphatic rings. The maximum atomic E-state index is 3.43. The number of nitrogens with one attached hydrogen (secondary N) is 3. The van der Waals surface area contributed by atoms with Gasteiger partial charge in [0.25, 0.3) is 0 Å². The Balaban J connectivity index is 2.65. The van der Waals surface area contributed by atoms with Gasteiger partial charge in [-0.3, -0.25) is 0 Å². The van der Waals surface area contributed by atoms with E-state index in [-0.39, 0.29) is 0 Å². The van der Waals surface area contributed by atoms with E-state index in [0.717, 1.165) is 5.92 Å². The van der Waals surface area contributed by atoms with E-state index in [2.05, 4.69) is 44.0 Å². The van der Waals surface area contributed by atoms with Gasteiger partial charge >= 0.3 is 0 Å². The van der Waals surface area contributed by atoms with Crippen LogP contribution in [0.5, 0.6) is 0 Å². The molecule has 0 heterocycles. The van der Waals surface area contributed by atoms with E-state index in [1.807, 2.05) is 0 Å². The van der Waals surface area contributed by atoms with Crippen molar-refractivity contribution in [2.75, 3.05) is 21.1 Å². The highest BCUT2D eigenvalue weighted by Crippen LogP contribution is 2.28. The maximum Gasteiger partial charge on any atom is 0.0375 e. The fourth-order valence-corrected chi connectivity index (χ4v) is 2.68. The van der Waals surface area contributed by atoms with Gasteiger partial charge in [-0.2, -0.15) is 0 Å². The maximum absolute atomic E-state index is 3.43. The van der Waals surface area contributed by atoms with Gasteiger partial charge in [-0.05, 0) is 33.5 Å². The highest BCUT2D eigenvalue weighted by atomic mass is 15.1. The minimum absolute atomic E-state index is 0.569. The average Bonchev–Trinajstić information content (AvgIpc) is 2.54. The Morgan fingerprint density at radius 2 is 1.62 bits per heavy atom. The Labute approximate surface area is 81.7 Å². The van der Waals surface area contributed by atoms with Crippen LogP contribution in [0.3, 0.4) is 0 Å². The second kappa shape index (κ2) is 4.94. The van der Waals surface area contributed by atoms with Crippen LogP contribution in [-0.2, 0) is 0 Å². The molecule has 0 aromatic heterocycles. The minimum Gasteiger partial charge on any atom is -0.315 e. The van der Waals surface area contributed by atoms with Gasteiger partial charge in [0.15, 0.2) is 0 Å². The fourth-order valence-electron chi connectivity index (χ4n) is 2.68. The summed E-state index contributed by atoms with van der Waals surface area (Å²) in [5, 5.41) is 10.2. The SMILES string of the molecule is CCC1CC(NC)C(NC)C1NC. The molecule has 0 aromatic carbocycles. The molecule has 78 valence electrons. The Bertz CT molecular complexity index is 133. The van der Waals surface area contributed by atoms with Crippen molar-refractivity contribution >= 4 is 0 Å². The predicted octanol–water partition coefficient (Wildman–Crippen LogP) is 0.180. The van der Waals surface area contributed by atoms with Crippen LogP contribution in [0.4, 0.5) is 0 Å². The molecule has 0 radical (unpaired) electrons. The van der Waals surface area contributed by atoms with Crippen molar-refractivity contribution in [1.29, 1.82) is 0 Å². The number of likely N-dealkylation sites (N-methyl/N-ethyl adjacent to an activating group) is 3. The molecule has 3 nitrogen and oxygen atoms in total. The van der Waals surface area contributed by atoms with Crippen molar-refractivity contribution in [3.63, 3.8) is 0 Å². The zero-order chi connectivity index (χ0) is 9.84. The molecule has 0 saturated heterocycles. The van der Waals surface area contributed by atoms with Crippen LogP contribution >= 0.6 is 0 Å². The van der Waals surface area contributed by atoms with Crippen LogP contribution in [0, 0.1) is 5.92 Å². The van der Waals surface area contributed by atoms with Crippen LogP contribution in [0.25, 0.3) is 0 Å². The first-order valence-electron chi connectivity index (χ1n) is 5.30. The van der Waals surface area contributed by atoms with Crippen LogP contribution in [0.15, 0.2) is 0 Å². The normalized spacial score (nSPS) is 39.7. The molecule has 4 atom stereocenters. The molecule has 0 bridgehead atoms. The molecule has 1 rings (SSSR count). The summed E-state index contributed by atoms with van der Waals surface area (Å²) in [5.41, 5.74) is 0. The summed E-state index contributed by atoms with van der Waals surface area (Å²) in [6.07, 6.45) is 2.55. The quantitative estimate of drug-likeness (QED) is 0.585. The molecule has 1 aliphatic carbocycles. The third-order valence-electron chi connectivity index (χ3n) is 3.45. The summed E-state index contributed by atoms with van der Waals surface area (Å²) < 4.78 is 0. The zero-order valence-electron chi connectivity index (χ0n) is 9.22. The van der Waals surface area contributed by atoms with Crippen molar-refractivity contribution in [2.45, 2.75) is 37.9 Å². The third kappa shape index (κ3) is 2.03. The van der Waals surface area contributed by atoms with Crippen LogP contribution in [-0.4, -0.2) is 39.3 Å². The summed E-state index contributed by atoms with van der Waals surface area (Å²) in [6.45, 7) is 2.28. The summed E-state index contributed by atoms with van der Waals surface area (Å²) in [5.74, 6) is 0.805. The molecule has 1 saturated carbocycles. The van der Waals surface area contributed by atoms with Crippen LogP contribution in [0.1, 0.15) is 19.8 Å². The Morgan fingerprint density at radius 1 is 1.00 bits per heavy atom. The van der Waals surface area contributed by atoms with Crippen molar-refractivity contribution in [3.05, 3.63) is 0 Å². The standard InChI is InChI=1S/C10H23N3/c1-5-7-6-8(11-2)10(13-4)9(7)12-3/h7-13H,5-6H2,1-4H3. The molecule has 0 aromatic rings. The summed E-state index contributed by atoms with van der Waals surface area (Å²) in [7, 11) is 6.17. The first-order chi connectivity index (χ1) is 6.28. The lowest BCUT2D eigenvalue weighted by atomic mass is 9.99. The zero-order valence-corrected chi connectivity index (χ0v) is 9.22. The van der Waals surface area contributed by atoms with E-state index in [0.29, 0.717) is 18.1 Å². The van der Waals surface area contributed by atoms with E-state index >= 15 is 0 Å². The van der Waals surface area contributed by atoms with Crippen molar-refractivity contribution in [3.8, 4) is 0 Å². The molecule has 3 heteroatoms. The monoisotopic (exact) mass is 185 g/mol. The lowest BCUT2D eigenvalue weighted by Gasteiger charge is -2.25. The van der Waals surface area contributed by atoms with E-state index in [1.165, 1.54) is 12.8 Å². The molecule has 0 amide bonds.